The van der Waals surface area contributed by atoms with Crippen molar-refractivity contribution in [3.8, 4) is 5.88 Å². The van der Waals surface area contributed by atoms with Crippen molar-refractivity contribution in [1.82, 2.24) is 9.88 Å². The molecule has 3 nitrogen and oxygen atoms in total. The minimum Gasteiger partial charge on any atom is -0.476 e. The van der Waals surface area contributed by atoms with E-state index in [0.29, 0.717) is 18.4 Å². The molecule has 4 heteroatoms. The van der Waals surface area contributed by atoms with Gasteiger partial charge in [-0.05, 0) is 37.9 Å². The van der Waals surface area contributed by atoms with Crippen LogP contribution in [0.3, 0.4) is 0 Å². The van der Waals surface area contributed by atoms with Crippen LogP contribution in [-0.4, -0.2) is 36.1 Å². The Morgan fingerprint density at radius 3 is 2.84 bits per heavy atom. The number of halogens is 1. The third-order valence-electron chi connectivity index (χ3n) is 3.44. The van der Waals surface area contributed by atoms with Gasteiger partial charge in [0.2, 0.25) is 5.88 Å². The van der Waals surface area contributed by atoms with E-state index in [-0.39, 0.29) is 0 Å². The summed E-state index contributed by atoms with van der Waals surface area (Å²) in [6.07, 6.45) is 4.72. The zero-order valence-corrected chi connectivity index (χ0v) is 12.6. The molecule has 0 aromatic carbocycles. The molecule has 0 spiro atoms. The van der Waals surface area contributed by atoms with Crippen LogP contribution >= 0.6 is 11.6 Å². The van der Waals surface area contributed by atoms with E-state index in [4.69, 9.17) is 16.3 Å². The van der Waals surface area contributed by atoms with Gasteiger partial charge in [-0.3, -0.25) is 0 Å². The zero-order chi connectivity index (χ0) is 13.7. The van der Waals surface area contributed by atoms with E-state index < -0.39 is 0 Å². The largest absolute Gasteiger partial charge is 0.476 e. The van der Waals surface area contributed by atoms with Gasteiger partial charge in [-0.15, -0.1) is 11.6 Å². The number of hydrogen-bond donors (Lipinski definition) is 0. The van der Waals surface area contributed by atoms with E-state index in [0.717, 1.165) is 36.7 Å². The Balaban J connectivity index is 1.88. The molecule has 1 aliphatic rings. The molecule has 0 unspecified atom stereocenters. The molecule has 19 heavy (non-hydrogen) atoms. The van der Waals surface area contributed by atoms with Gasteiger partial charge in [0.15, 0.2) is 0 Å². The molecule has 1 aromatic heterocycles. The number of ether oxygens (including phenoxy) is 1. The predicted molar refractivity (Wildman–Crippen MR) is 78.9 cm³/mol. The van der Waals surface area contributed by atoms with Crippen LogP contribution in [0, 0.1) is 0 Å². The quantitative estimate of drug-likeness (QED) is 0.685. The molecule has 1 aromatic rings. The topological polar surface area (TPSA) is 25.4 Å². The van der Waals surface area contributed by atoms with Gasteiger partial charge in [0.05, 0.1) is 0 Å². The summed E-state index contributed by atoms with van der Waals surface area (Å²) in [5.41, 5.74) is 2.16. The van der Waals surface area contributed by atoms with Crippen molar-refractivity contribution in [3.63, 3.8) is 0 Å². The second-order valence-electron chi connectivity index (χ2n) is 5.25. The second kappa shape index (κ2) is 7.11. The van der Waals surface area contributed by atoms with E-state index >= 15 is 0 Å². The average Bonchev–Trinajstić information content (AvgIpc) is 3.23. The van der Waals surface area contributed by atoms with Crippen molar-refractivity contribution < 1.29 is 4.74 Å². The predicted octanol–water partition coefficient (Wildman–Crippen LogP) is 3.25. The standard InChI is InChI=1S/C15H23ClN2O/c1-3-4-13-9-12(11-16)10-15(17-13)19-8-7-18(2)14-5-6-14/h9-10,14H,3-8,11H2,1-2H3. The number of likely N-dealkylation sites (N-methyl/N-ethyl adjacent to an activating group) is 1. The fourth-order valence-electron chi connectivity index (χ4n) is 2.15. The Kier molecular flexibility index (Phi) is 5.46. The summed E-state index contributed by atoms with van der Waals surface area (Å²) >= 11 is 5.91. The van der Waals surface area contributed by atoms with E-state index in [9.17, 15) is 0 Å². The van der Waals surface area contributed by atoms with Crippen LogP contribution in [0.4, 0.5) is 0 Å². The monoisotopic (exact) mass is 282 g/mol. The Morgan fingerprint density at radius 1 is 1.42 bits per heavy atom. The number of hydrogen-bond acceptors (Lipinski definition) is 3. The van der Waals surface area contributed by atoms with Gasteiger partial charge >= 0.3 is 0 Å². The van der Waals surface area contributed by atoms with Gasteiger partial charge < -0.3 is 9.64 Å². The summed E-state index contributed by atoms with van der Waals surface area (Å²) in [6.45, 7) is 3.80. The molecule has 0 saturated heterocycles. The minimum absolute atomic E-state index is 0.511. The maximum Gasteiger partial charge on any atom is 0.213 e. The Morgan fingerprint density at radius 2 is 2.21 bits per heavy atom. The lowest BCUT2D eigenvalue weighted by Crippen LogP contribution is -2.26. The first-order valence-electron chi connectivity index (χ1n) is 7.11. The Bertz CT molecular complexity index is 407. The fraction of sp³-hybridized carbons (Fsp3) is 0.667. The van der Waals surface area contributed by atoms with Crippen molar-refractivity contribution in [1.29, 1.82) is 0 Å². The van der Waals surface area contributed by atoms with E-state index in [1.54, 1.807) is 0 Å². The number of alkyl halides is 1. The molecule has 0 atom stereocenters. The molecular weight excluding hydrogens is 260 g/mol. The number of nitrogens with zero attached hydrogens (tertiary/aromatic N) is 2. The molecule has 1 aliphatic carbocycles. The van der Waals surface area contributed by atoms with E-state index in [1.807, 2.05) is 6.07 Å². The highest BCUT2D eigenvalue weighted by molar-refractivity contribution is 6.17. The first-order chi connectivity index (χ1) is 9.22. The molecule has 1 fully saturated rings. The van der Waals surface area contributed by atoms with Gasteiger partial charge in [-0.1, -0.05) is 13.3 Å². The van der Waals surface area contributed by atoms with Crippen LogP contribution in [0.15, 0.2) is 12.1 Å². The van der Waals surface area contributed by atoms with Crippen molar-refractivity contribution in [2.24, 2.45) is 0 Å². The third-order valence-corrected chi connectivity index (χ3v) is 3.75. The summed E-state index contributed by atoms with van der Waals surface area (Å²) < 4.78 is 5.77. The van der Waals surface area contributed by atoms with E-state index in [1.165, 1.54) is 12.8 Å². The minimum atomic E-state index is 0.511. The van der Waals surface area contributed by atoms with Gasteiger partial charge in [0.1, 0.15) is 6.61 Å². The normalized spacial score (nSPS) is 14.9. The molecule has 0 aliphatic heterocycles. The van der Waals surface area contributed by atoms with E-state index in [2.05, 4.69) is 29.9 Å². The number of aromatic nitrogens is 1. The van der Waals surface area contributed by atoms with Crippen molar-refractivity contribution in [2.45, 2.75) is 44.5 Å². The summed E-state index contributed by atoms with van der Waals surface area (Å²) in [5.74, 6) is 1.23. The second-order valence-corrected chi connectivity index (χ2v) is 5.52. The van der Waals surface area contributed by atoms with Crippen molar-refractivity contribution in [3.05, 3.63) is 23.4 Å². The zero-order valence-electron chi connectivity index (χ0n) is 11.9. The van der Waals surface area contributed by atoms with Crippen LogP contribution in [0.5, 0.6) is 5.88 Å². The summed E-state index contributed by atoms with van der Waals surface area (Å²) in [5, 5.41) is 0. The highest BCUT2D eigenvalue weighted by atomic mass is 35.5. The summed E-state index contributed by atoms with van der Waals surface area (Å²) in [6, 6.07) is 4.80. The van der Waals surface area contributed by atoms with Crippen LogP contribution < -0.4 is 4.74 Å². The molecule has 0 radical (unpaired) electrons. The highest BCUT2D eigenvalue weighted by Crippen LogP contribution is 2.24. The summed E-state index contributed by atoms with van der Waals surface area (Å²) in [4.78, 5) is 6.89. The molecule has 0 bridgehead atoms. The highest BCUT2D eigenvalue weighted by Gasteiger charge is 2.25. The lowest BCUT2D eigenvalue weighted by atomic mass is 10.2. The molecule has 0 N–H and O–H groups in total. The lowest BCUT2D eigenvalue weighted by molar-refractivity contribution is 0.226. The first kappa shape index (κ1) is 14.6. The van der Waals surface area contributed by atoms with Crippen molar-refractivity contribution in [2.75, 3.05) is 20.2 Å². The smallest absolute Gasteiger partial charge is 0.213 e. The fourth-order valence-corrected chi connectivity index (χ4v) is 2.30. The van der Waals surface area contributed by atoms with Crippen LogP contribution in [0.1, 0.15) is 37.4 Å². The molecule has 0 amide bonds. The molecule has 1 heterocycles. The SMILES string of the molecule is CCCc1cc(CCl)cc(OCCN(C)C2CC2)n1. The summed E-state index contributed by atoms with van der Waals surface area (Å²) in [7, 11) is 2.16. The van der Waals surface area contributed by atoms with Crippen LogP contribution in [0.25, 0.3) is 0 Å². The van der Waals surface area contributed by atoms with Gasteiger partial charge in [-0.25, -0.2) is 4.98 Å². The maximum absolute atomic E-state index is 5.91. The van der Waals surface area contributed by atoms with Gasteiger partial charge in [0.25, 0.3) is 0 Å². The molecule has 2 rings (SSSR count). The number of rotatable bonds is 8. The molecule has 106 valence electrons. The Hall–Kier alpha value is -0.800. The van der Waals surface area contributed by atoms with Crippen LogP contribution in [0.2, 0.25) is 0 Å². The van der Waals surface area contributed by atoms with Crippen LogP contribution in [-0.2, 0) is 12.3 Å². The number of pyridine rings is 1. The maximum atomic E-state index is 5.91. The number of aryl methyl sites for hydroxylation is 1. The van der Waals surface area contributed by atoms with Gasteiger partial charge in [-0.2, -0.15) is 0 Å². The third kappa shape index (κ3) is 4.66. The average molecular weight is 283 g/mol. The molecule has 1 saturated carbocycles. The lowest BCUT2D eigenvalue weighted by Gasteiger charge is -2.16. The molecular formula is C15H23ClN2O. The van der Waals surface area contributed by atoms with Crippen molar-refractivity contribution >= 4 is 11.6 Å². The van der Waals surface area contributed by atoms with Gasteiger partial charge in [0, 0.05) is 30.2 Å². The first-order valence-corrected chi connectivity index (χ1v) is 7.65. The Labute approximate surface area is 120 Å².